The molecule has 0 heterocycles. The first-order valence-electron chi connectivity index (χ1n) is 2.02. The van der Waals surface area contributed by atoms with E-state index in [4.69, 9.17) is 0 Å². The van der Waals surface area contributed by atoms with Crippen LogP contribution in [-0.2, 0) is 26.7 Å². The smallest absolute Gasteiger partial charge is 0.550 e. The van der Waals surface area contributed by atoms with Gasteiger partial charge >= 0.3 is 17.1 Å². The number of rotatable bonds is 3. The molecule has 0 saturated heterocycles. The number of carboxylic acid groups (broad SMARTS) is 2. The van der Waals surface area contributed by atoms with Crippen LogP contribution in [0, 0.1) is 0 Å². The standard InChI is InChI=1S/C4H6O4.Fe.4H2O/c5-3(6)1-2-4(7)8;;;;;/h1-2H2,(H,5,6)(H,7,8);;4*1H2/q;+2;;;;/p-2. The Labute approximate surface area is 84.3 Å². The van der Waals surface area contributed by atoms with Gasteiger partial charge in [-0.15, -0.1) is 0 Å². The Morgan fingerprint density at radius 1 is 0.769 bits per heavy atom. The van der Waals surface area contributed by atoms with E-state index in [0.29, 0.717) is 0 Å². The molecule has 8 nitrogen and oxygen atoms in total. The summed E-state index contributed by atoms with van der Waals surface area (Å²) < 4.78 is 0. The molecule has 0 aliphatic heterocycles. The van der Waals surface area contributed by atoms with Crippen LogP contribution in [0.25, 0.3) is 0 Å². The summed E-state index contributed by atoms with van der Waals surface area (Å²) in [6.07, 6.45) is -0.940. The maximum absolute atomic E-state index is 9.50. The summed E-state index contributed by atoms with van der Waals surface area (Å²) in [6, 6.07) is 0. The fourth-order valence-corrected chi connectivity index (χ4v) is 0.204. The predicted molar refractivity (Wildman–Crippen MR) is 33.7 cm³/mol. The fraction of sp³-hybridized carbons (Fsp3) is 0.500. The van der Waals surface area contributed by atoms with E-state index < -0.39 is 24.8 Å². The molecule has 0 aliphatic rings. The fourth-order valence-electron chi connectivity index (χ4n) is 0.204. The van der Waals surface area contributed by atoms with E-state index in [0.717, 1.165) is 0 Å². The van der Waals surface area contributed by atoms with Crippen LogP contribution >= 0.6 is 0 Å². The van der Waals surface area contributed by atoms with E-state index in [-0.39, 0.29) is 39.0 Å². The van der Waals surface area contributed by atoms with Crippen LogP contribution in [0.4, 0.5) is 0 Å². The van der Waals surface area contributed by atoms with E-state index in [1.807, 2.05) is 0 Å². The van der Waals surface area contributed by atoms with E-state index in [1.54, 1.807) is 0 Å². The molecule has 0 aromatic carbocycles. The largest absolute Gasteiger partial charge is 2.00 e. The van der Waals surface area contributed by atoms with Gasteiger partial charge in [-0.2, -0.15) is 0 Å². The quantitative estimate of drug-likeness (QED) is 0.443. The zero-order valence-electron chi connectivity index (χ0n) is 6.40. The number of carbonyl (C=O) groups is 2. The Hall–Kier alpha value is -0.701. The number of hydrogen-bond acceptors (Lipinski definition) is 4. The second-order valence-corrected chi connectivity index (χ2v) is 1.24. The summed E-state index contributed by atoms with van der Waals surface area (Å²) >= 11 is 0. The van der Waals surface area contributed by atoms with Gasteiger partial charge in [0.05, 0.1) is 0 Å². The van der Waals surface area contributed by atoms with Gasteiger partial charge in [0.2, 0.25) is 0 Å². The first-order valence-corrected chi connectivity index (χ1v) is 2.02. The summed E-state index contributed by atoms with van der Waals surface area (Å²) in [5.41, 5.74) is 0. The third-order valence-electron chi connectivity index (χ3n) is 0.533. The van der Waals surface area contributed by atoms with Gasteiger partial charge in [0.25, 0.3) is 0 Å². The van der Waals surface area contributed by atoms with Gasteiger partial charge in [-0.05, 0) is 12.8 Å². The average Bonchev–Trinajstić information content (AvgIpc) is 1.61. The van der Waals surface area contributed by atoms with E-state index in [9.17, 15) is 19.8 Å². The Kier molecular flexibility index (Phi) is 68.5. The van der Waals surface area contributed by atoms with Gasteiger partial charge in [0.1, 0.15) is 0 Å². The SMILES string of the molecule is O.O.O.O.O=C([O-])CCC(=O)[O-].[Fe+2]. The molecule has 0 bridgehead atoms. The van der Waals surface area contributed by atoms with Crippen LogP contribution in [0.1, 0.15) is 12.8 Å². The van der Waals surface area contributed by atoms with E-state index in [1.165, 1.54) is 0 Å². The van der Waals surface area contributed by atoms with Gasteiger partial charge in [-0.3, -0.25) is 0 Å². The normalized spacial score (nSPS) is 5.23. The Balaban J connectivity index is -0.0000000245. The van der Waals surface area contributed by atoms with Crippen molar-refractivity contribution in [1.29, 1.82) is 0 Å². The Bertz CT molecular complexity index is 101. The van der Waals surface area contributed by atoms with Crippen LogP contribution in [-0.4, -0.2) is 33.8 Å². The minimum atomic E-state index is -1.37. The molecule has 0 unspecified atom stereocenters. The molecule has 0 aliphatic carbocycles. The second kappa shape index (κ2) is 22.5. The van der Waals surface area contributed by atoms with Gasteiger partial charge in [0, 0.05) is 11.9 Å². The number of carbonyl (C=O) groups excluding carboxylic acids is 2. The summed E-state index contributed by atoms with van der Waals surface area (Å²) in [5, 5.41) is 19.0. The molecule has 8 N–H and O–H groups in total. The molecule has 0 amide bonds. The topological polar surface area (TPSA) is 206 Å². The third kappa shape index (κ3) is 52.9. The summed E-state index contributed by atoms with van der Waals surface area (Å²) in [6.45, 7) is 0. The molecule has 0 radical (unpaired) electrons. The number of carboxylic acids is 2. The van der Waals surface area contributed by atoms with Crippen molar-refractivity contribution in [3.05, 3.63) is 0 Å². The molecule has 0 spiro atoms. The Morgan fingerprint density at radius 2 is 0.923 bits per heavy atom. The number of aliphatic carboxylic acids is 2. The first kappa shape index (κ1) is 39.6. The molecule has 0 atom stereocenters. The second-order valence-electron chi connectivity index (χ2n) is 1.24. The monoisotopic (exact) mass is 244 g/mol. The van der Waals surface area contributed by atoms with Crippen molar-refractivity contribution in [2.24, 2.45) is 0 Å². The molecule has 9 heteroatoms. The molecular formula is C4H12FeO8. The van der Waals surface area contributed by atoms with E-state index in [2.05, 4.69) is 0 Å². The molecule has 0 aromatic rings. The van der Waals surface area contributed by atoms with Crippen molar-refractivity contribution in [2.75, 3.05) is 0 Å². The summed E-state index contributed by atoms with van der Waals surface area (Å²) in [5.74, 6) is -2.73. The van der Waals surface area contributed by atoms with Crippen LogP contribution in [0.3, 0.4) is 0 Å². The van der Waals surface area contributed by atoms with Gasteiger partial charge in [0.15, 0.2) is 0 Å². The predicted octanol–water partition coefficient (Wildman–Crippen LogP) is -6.03. The van der Waals surface area contributed by atoms with E-state index >= 15 is 0 Å². The molecule has 0 saturated carbocycles. The van der Waals surface area contributed by atoms with Crippen molar-refractivity contribution >= 4 is 11.9 Å². The zero-order chi connectivity index (χ0) is 6.57. The van der Waals surface area contributed by atoms with Crippen molar-refractivity contribution < 1.29 is 58.8 Å². The summed E-state index contributed by atoms with van der Waals surface area (Å²) in [4.78, 5) is 19.0. The van der Waals surface area contributed by atoms with Gasteiger partial charge < -0.3 is 41.7 Å². The van der Waals surface area contributed by atoms with Crippen LogP contribution < -0.4 is 10.2 Å². The maximum Gasteiger partial charge on any atom is 2.00 e. The van der Waals surface area contributed by atoms with Crippen LogP contribution in [0.5, 0.6) is 0 Å². The molecule has 84 valence electrons. The molecule has 13 heavy (non-hydrogen) atoms. The minimum absolute atomic E-state index is 0. The van der Waals surface area contributed by atoms with Crippen molar-refractivity contribution in [3.63, 3.8) is 0 Å². The van der Waals surface area contributed by atoms with Gasteiger partial charge in [-0.1, -0.05) is 0 Å². The molecule has 0 rings (SSSR count). The van der Waals surface area contributed by atoms with Crippen molar-refractivity contribution in [3.8, 4) is 0 Å². The third-order valence-corrected chi connectivity index (χ3v) is 0.533. The minimum Gasteiger partial charge on any atom is -0.550 e. The molecule has 0 aromatic heterocycles. The van der Waals surface area contributed by atoms with Crippen molar-refractivity contribution in [1.82, 2.24) is 0 Å². The summed E-state index contributed by atoms with van der Waals surface area (Å²) in [7, 11) is 0. The van der Waals surface area contributed by atoms with Gasteiger partial charge in [-0.25, -0.2) is 0 Å². The number of hydrogen-bond donors (Lipinski definition) is 0. The zero-order valence-corrected chi connectivity index (χ0v) is 7.50. The van der Waals surface area contributed by atoms with Crippen LogP contribution in [0.2, 0.25) is 0 Å². The molecular weight excluding hydrogens is 232 g/mol. The molecule has 0 fully saturated rings. The van der Waals surface area contributed by atoms with Crippen molar-refractivity contribution in [2.45, 2.75) is 12.8 Å². The van der Waals surface area contributed by atoms with Crippen LogP contribution in [0.15, 0.2) is 0 Å². The first-order chi connectivity index (χ1) is 3.63. The average molecular weight is 244 g/mol. The Morgan fingerprint density at radius 3 is 1.00 bits per heavy atom. The maximum atomic E-state index is 9.50.